The zero-order valence-corrected chi connectivity index (χ0v) is 13.4. The lowest BCUT2D eigenvalue weighted by molar-refractivity contribution is 0.527. The number of nitrogens with one attached hydrogen (secondary N) is 1. The van der Waals surface area contributed by atoms with Gasteiger partial charge in [-0.05, 0) is 44.7 Å². The summed E-state index contributed by atoms with van der Waals surface area (Å²) in [5.41, 5.74) is 6.05. The highest BCUT2D eigenvalue weighted by molar-refractivity contribution is 5.64. The molecule has 108 valence electrons. The summed E-state index contributed by atoms with van der Waals surface area (Å²) in [4.78, 5) is 4.62. The minimum absolute atomic E-state index is 0.601. The molecule has 0 bridgehead atoms. The lowest BCUT2D eigenvalue weighted by Gasteiger charge is -2.15. The van der Waals surface area contributed by atoms with Crippen LogP contribution in [-0.4, -0.2) is 9.55 Å². The Hall–Kier alpha value is -1.77. The van der Waals surface area contributed by atoms with Crippen molar-refractivity contribution in [2.45, 2.75) is 48.1 Å². The Balaban J connectivity index is 2.35. The molecule has 3 nitrogen and oxygen atoms in total. The highest BCUT2D eigenvalue weighted by Gasteiger charge is 2.10. The van der Waals surface area contributed by atoms with Gasteiger partial charge in [-0.15, -0.1) is 0 Å². The van der Waals surface area contributed by atoms with Crippen molar-refractivity contribution < 1.29 is 0 Å². The Morgan fingerprint density at radius 1 is 1.10 bits per heavy atom. The van der Waals surface area contributed by atoms with Crippen LogP contribution in [0.5, 0.6) is 0 Å². The third-order valence-electron chi connectivity index (χ3n) is 3.37. The number of hydrogen-bond acceptors (Lipinski definition) is 2. The van der Waals surface area contributed by atoms with Crippen molar-refractivity contribution in [3.8, 4) is 0 Å². The first-order valence-corrected chi connectivity index (χ1v) is 7.25. The van der Waals surface area contributed by atoms with Gasteiger partial charge in [0.15, 0.2) is 0 Å². The normalized spacial score (nSPS) is 11.2. The summed E-state index contributed by atoms with van der Waals surface area (Å²) in [6.07, 6.45) is 2.11. The number of hydrogen-bond donors (Lipinski definition) is 1. The standard InChI is InChI=1S/C17H25N3/c1-11(2)9-20-10-15(6)18-17(20)19-16-13(4)7-12(3)8-14(16)5/h7-8,10-11H,9H2,1-6H3,(H,18,19). The SMILES string of the molecule is Cc1cc(C)c(Nc2nc(C)cn2CC(C)C)c(C)c1. The Kier molecular flexibility index (Phi) is 4.17. The Morgan fingerprint density at radius 3 is 2.25 bits per heavy atom. The van der Waals surface area contributed by atoms with Gasteiger partial charge in [0.25, 0.3) is 0 Å². The number of aryl methyl sites for hydroxylation is 4. The quantitative estimate of drug-likeness (QED) is 0.886. The zero-order chi connectivity index (χ0) is 14.9. The molecule has 0 aliphatic rings. The number of imidazole rings is 1. The maximum atomic E-state index is 4.62. The van der Waals surface area contributed by atoms with Crippen LogP contribution in [0.3, 0.4) is 0 Å². The first kappa shape index (κ1) is 14.6. The second kappa shape index (κ2) is 5.70. The summed E-state index contributed by atoms with van der Waals surface area (Å²) in [6.45, 7) is 13.9. The third kappa shape index (κ3) is 3.21. The van der Waals surface area contributed by atoms with E-state index in [9.17, 15) is 0 Å². The first-order chi connectivity index (χ1) is 9.36. The highest BCUT2D eigenvalue weighted by Crippen LogP contribution is 2.26. The molecule has 3 heteroatoms. The molecule has 0 amide bonds. The van der Waals surface area contributed by atoms with Gasteiger partial charge in [-0.3, -0.25) is 0 Å². The Labute approximate surface area is 122 Å². The van der Waals surface area contributed by atoms with E-state index < -0.39 is 0 Å². The van der Waals surface area contributed by atoms with E-state index in [1.54, 1.807) is 0 Å². The molecule has 0 saturated heterocycles. The van der Waals surface area contributed by atoms with E-state index in [2.05, 4.69) is 67.8 Å². The number of rotatable bonds is 4. The van der Waals surface area contributed by atoms with E-state index in [1.165, 1.54) is 22.4 Å². The van der Waals surface area contributed by atoms with E-state index >= 15 is 0 Å². The average Bonchev–Trinajstić information content (AvgIpc) is 2.63. The van der Waals surface area contributed by atoms with Crippen LogP contribution < -0.4 is 5.32 Å². The van der Waals surface area contributed by atoms with Gasteiger partial charge in [-0.2, -0.15) is 0 Å². The van der Waals surface area contributed by atoms with Crippen LogP contribution in [-0.2, 0) is 6.54 Å². The summed E-state index contributed by atoms with van der Waals surface area (Å²) in [5, 5.41) is 3.51. The fourth-order valence-corrected chi connectivity index (χ4v) is 2.67. The van der Waals surface area contributed by atoms with Crippen LogP contribution in [0.2, 0.25) is 0 Å². The zero-order valence-electron chi connectivity index (χ0n) is 13.4. The molecule has 1 N–H and O–H groups in total. The van der Waals surface area contributed by atoms with Gasteiger partial charge in [0.2, 0.25) is 5.95 Å². The van der Waals surface area contributed by atoms with Crippen molar-refractivity contribution in [1.29, 1.82) is 0 Å². The smallest absolute Gasteiger partial charge is 0.207 e. The van der Waals surface area contributed by atoms with Gasteiger partial charge in [0.05, 0.1) is 5.69 Å². The average molecular weight is 271 g/mol. The molecule has 0 aliphatic heterocycles. The number of aromatic nitrogens is 2. The lowest BCUT2D eigenvalue weighted by Crippen LogP contribution is -2.08. The molecular weight excluding hydrogens is 246 g/mol. The summed E-state index contributed by atoms with van der Waals surface area (Å²) in [5.74, 6) is 1.54. The predicted octanol–water partition coefficient (Wildman–Crippen LogP) is 4.52. The van der Waals surface area contributed by atoms with Gasteiger partial charge in [-0.1, -0.05) is 31.5 Å². The van der Waals surface area contributed by atoms with Gasteiger partial charge >= 0.3 is 0 Å². The number of anilines is 2. The van der Waals surface area contributed by atoms with E-state index in [0.717, 1.165) is 18.2 Å². The van der Waals surface area contributed by atoms with Crippen molar-refractivity contribution in [3.63, 3.8) is 0 Å². The number of benzene rings is 1. The van der Waals surface area contributed by atoms with Gasteiger partial charge in [-0.25, -0.2) is 4.98 Å². The van der Waals surface area contributed by atoms with Crippen molar-refractivity contribution >= 4 is 11.6 Å². The van der Waals surface area contributed by atoms with E-state index in [-0.39, 0.29) is 0 Å². The Morgan fingerprint density at radius 2 is 1.70 bits per heavy atom. The molecule has 0 aliphatic carbocycles. The third-order valence-corrected chi connectivity index (χ3v) is 3.37. The molecule has 1 heterocycles. The maximum Gasteiger partial charge on any atom is 0.207 e. The topological polar surface area (TPSA) is 29.9 Å². The molecule has 0 unspecified atom stereocenters. The molecule has 1 aromatic heterocycles. The minimum Gasteiger partial charge on any atom is -0.325 e. The molecule has 0 atom stereocenters. The number of nitrogens with zero attached hydrogens (tertiary/aromatic N) is 2. The van der Waals surface area contributed by atoms with Crippen molar-refractivity contribution in [1.82, 2.24) is 9.55 Å². The van der Waals surface area contributed by atoms with E-state index in [0.29, 0.717) is 5.92 Å². The van der Waals surface area contributed by atoms with Crippen LogP contribution in [0.4, 0.5) is 11.6 Å². The van der Waals surface area contributed by atoms with Crippen LogP contribution in [0.15, 0.2) is 18.3 Å². The fraction of sp³-hybridized carbons (Fsp3) is 0.471. The molecule has 0 fully saturated rings. The largest absolute Gasteiger partial charge is 0.325 e. The van der Waals surface area contributed by atoms with Crippen molar-refractivity contribution in [2.75, 3.05) is 5.32 Å². The van der Waals surface area contributed by atoms with Gasteiger partial charge < -0.3 is 9.88 Å². The monoisotopic (exact) mass is 271 g/mol. The van der Waals surface area contributed by atoms with Crippen LogP contribution >= 0.6 is 0 Å². The van der Waals surface area contributed by atoms with Crippen molar-refractivity contribution in [3.05, 3.63) is 40.7 Å². The van der Waals surface area contributed by atoms with Crippen LogP contribution in [0.1, 0.15) is 36.2 Å². The molecule has 1 aromatic carbocycles. The first-order valence-electron chi connectivity index (χ1n) is 7.25. The highest BCUT2D eigenvalue weighted by atomic mass is 15.2. The second-order valence-electron chi connectivity index (χ2n) is 6.15. The molecule has 20 heavy (non-hydrogen) atoms. The minimum atomic E-state index is 0.601. The summed E-state index contributed by atoms with van der Waals surface area (Å²) in [7, 11) is 0. The predicted molar refractivity (Wildman–Crippen MR) is 85.7 cm³/mol. The summed E-state index contributed by atoms with van der Waals surface area (Å²) < 4.78 is 2.21. The molecule has 0 radical (unpaired) electrons. The van der Waals surface area contributed by atoms with E-state index in [1.807, 2.05) is 6.92 Å². The maximum absolute atomic E-state index is 4.62. The van der Waals surface area contributed by atoms with Gasteiger partial charge in [0, 0.05) is 18.4 Å². The molecule has 0 spiro atoms. The van der Waals surface area contributed by atoms with E-state index in [4.69, 9.17) is 0 Å². The summed E-state index contributed by atoms with van der Waals surface area (Å²) in [6, 6.07) is 4.41. The van der Waals surface area contributed by atoms with Gasteiger partial charge in [0.1, 0.15) is 0 Å². The van der Waals surface area contributed by atoms with Crippen LogP contribution in [0.25, 0.3) is 0 Å². The lowest BCUT2D eigenvalue weighted by atomic mass is 10.1. The van der Waals surface area contributed by atoms with Crippen molar-refractivity contribution in [2.24, 2.45) is 5.92 Å². The molecule has 2 rings (SSSR count). The molecule has 0 saturated carbocycles. The second-order valence-corrected chi connectivity index (χ2v) is 6.15. The summed E-state index contributed by atoms with van der Waals surface area (Å²) >= 11 is 0. The molecular formula is C17H25N3. The molecule has 2 aromatic rings. The Bertz CT molecular complexity index is 586. The van der Waals surface area contributed by atoms with Crippen LogP contribution in [0, 0.1) is 33.6 Å². The fourth-order valence-electron chi connectivity index (χ4n) is 2.67.